The Morgan fingerprint density at radius 3 is 2.81 bits per heavy atom. The maximum Gasteiger partial charge on any atom is 0.130 e. The molecule has 1 N–H and O–H groups in total. The summed E-state index contributed by atoms with van der Waals surface area (Å²) >= 11 is 6.00. The Hall–Kier alpha value is -2.05. The zero-order valence-electron chi connectivity index (χ0n) is 8.31. The third kappa shape index (κ3) is 2.30. The maximum absolute atomic E-state index is 8.78. The molecule has 1 heterocycles. The number of pyridine rings is 1. The van der Waals surface area contributed by atoms with Gasteiger partial charge in [0, 0.05) is 6.20 Å². The number of nitriles is 1. The van der Waals surface area contributed by atoms with E-state index in [9.17, 15) is 0 Å². The van der Waals surface area contributed by atoms with Gasteiger partial charge in [0.2, 0.25) is 0 Å². The van der Waals surface area contributed by atoms with E-state index in [4.69, 9.17) is 16.9 Å². The van der Waals surface area contributed by atoms with E-state index in [-0.39, 0.29) is 0 Å². The van der Waals surface area contributed by atoms with Gasteiger partial charge in [0.05, 0.1) is 22.3 Å². The number of nitrogens with zero attached hydrogens (tertiary/aromatic N) is 2. The minimum absolute atomic E-state index is 0.558. The lowest BCUT2D eigenvalue weighted by Gasteiger charge is -2.07. The molecule has 0 atom stereocenters. The molecule has 0 radical (unpaired) electrons. The summed E-state index contributed by atoms with van der Waals surface area (Å²) < 4.78 is 0. The molecule has 0 unspecified atom stereocenters. The first-order valence-electron chi connectivity index (χ1n) is 4.67. The van der Waals surface area contributed by atoms with E-state index < -0.39 is 0 Å². The third-order valence-corrected chi connectivity index (χ3v) is 2.35. The van der Waals surface area contributed by atoms with Gasteiger partial charge in [0.1, 0.15) is 5.82 Å². The molecule has 1 aromatic carbocycles. The number of hydrogen-bond acceptors (Lipinski definition) is 3. The van der Waals surface area contributed by atoms with Crippen molar-refractivity contribution in [3.63, 3.8) is 0 Å². The van der Waals surface area contributed by atoms with Crippen LogP contribution in [0.5, 0.6) is 0 Å². The first-order chi connectivity index (χ1) is 7.79. The highest BCUT2D eigenvalue weighted by atomic mass is 35.5. The van der Waals surface area contributed by atoms with E-state index in [1.807, 2.05) is 18.2 Å². The number of halogens is 1. The van der Waals surface area contributed by atoms with Crippen molar-refractivity contribution < 1.29 is 0 Å². The van der Waals surface area contributed by atoms with Crippen LogP contribution >= 0.6 is 11.6 Å². The SMILES string of the molecule is N#Cc1ccc(Cl)c(Nc2ccccn2)c1. The molecule has 4 heteroatoms. The number of aromatic nitrogens is 1. The predicted molar refractivity (Wildman–Crippen MR) is 63.7 cm³/mol. The predicted octanol–water partition coefficient (Wildman–Crippen LogP) is 3.35. The highest BCUT2D eigenvalue weighted by Crippen LogP contribution is 2.25. The summed E-state index contributed by atoms with van der Waals surface area (Å²) in [5.41, 5.74) is 1.24. The van der Waals surface area contributed by atoms with Crippen molar-refractivity contribution >= 4 is 23.1 Å². The molecule has 0 bridgehead atoms. The third-order valence-electron chi connectivity index (χ3n) is 2.02. The minimum atomic E-state index is 0.558. The average Bonchev–Trinajstić information content (AvgIpc) is 2.33. The summed E-state index contributed by atoms with van der Waals surface area (Å²) in [6.07, 6.45) is 1.68. The fraction of sp³-hybridized carbons (Fsp3) is 0. The van der Waals surface area contributed by atoms with Gasteiger partial charge in [-0.25, -0.2) is 4.98 Å². The van der Waals surface area contributed by atoms with Crippen molar-refractivity contribution in [1.29, 1.82) is 5.26 Å². The van der Waals surface area contributed by atoms with Gasteiger partial charge >= 0.3 is 0 Å². The van der Waals surface area contributed by atoms with Gasteiger partial charge in [-0.3, -0.25) is 0 Å². The molecule has 0 amide bonds. The molecule has 1 aromatic heterocycles. The van der Waals surface area contributed by atoms with Crippen molar-refractivity contribution in [3.05, 3.63) is 53.2 Å². The Labute approximate surface area is 98.3 Å². The monoisotopic (exact) mass is 229 g/mol. The van der Waals surface area contributed by atoms with Crippen LogP contribution in [0.1, 0.15) is 5.56 Å². The van der Waals surface area contributed by atoms with Gasteiger partial charge < -0.3 is 5.32 Å². The zero-order valence-corrected chi connectivity index (χ0v) is 9.07. The summed E-state index contributed by atoms with van der Waals surface area (Å²) in [4.78, 5) is 4.12. The average molecular weight is 230 g/mol. The van der Waals surface area contributed by atoms with Crippen LogP contribution in [-0.2, 0) is 0 Å². The van der Waals surface area contributed by atoms with Gasteiger partial charge in [0.25, 0.3) is 0 Å². The summed E-state index contributed by atoms with van der Waals surface area (Å²) in [6, 6.07) is 12.6. The number of anilines is 2. The smallest absolute Gasteiger partial charge is 0.130 e. The molecule has 2 aromatic rings. The Morgan fingerprint density at radius 1 is 1.25 bits per heavy atom. The molecule has 0 aliphatic heterocycles. The van der Waals surface area contributed by atoms with E-state index in [0.717, 1.165) is 0 Å². The molecule has 0 saturated carbocycles. The Kier molecular flexibility index (Phi) is 3.04. The first-order valence-corrected chi connectivity index (χ1v) is 5.05. The van der Waals surface area contributed by atoms with Crippen LogP contribution in [0.25, 0.3) is 0 Å². The number of hydrogen-bond donors (Lipinski definition) is 1. The molecule has 2 rings (SSSR count). The maximum atomic E-state index is 8.78. The van der Waals surface area contributed by atoms with Gasteiger partial charge in [-0.05, 0) is 30.3 Å². The lowest BCUT2D eigenvalue weighted by atomic mass is 10.2. The fourth-order valence-corrected chi connectivity index (χ4v) is 1.43. The Morgan fingerprint density at radius 2 is 2.12 bits per heavy atom. The highest BCUT2D eigenvalue weighted by Gasteiger charge is 2.02. The molecular weight excluding hydrogens is 222 g/mol. The van der Waals surface area contributed by atoms with Crippen molar-refractivity contribution in [3.8, 4) is 6.07 Å². The van der Waals surface area contributed by atoms with E-state index in [1.54, 1.807) is 24.4 Å². The van der Waals surface area contributed by atoms with Crippen molar-refractivity contribution in [2.75, 3.05) is 5.32 Å². The topological polar surface area (TPSA) is 48.7 Å². The zero-order chi connectivity index (χ0) is 11.4. The number of rotatable bonds is 2. The molecule has 78 valence electrons. The van der Waals surface area contributed by atoms with Crippen molar-refractivity contribution in [1.82, 2.24) is 4.98 Å². The van der Waals surface area contributed by atoms with Crippen LogP contribution in [0, 0.1) is 11.3 Å². The Bertz CT molecular complexity index is 532. The van der Waals surface area contributed by atoms with Gasteiger partial charge in [-0.2, -0.15) is 5.26 Å². The van der Waals surface area contributed by atoms with Crippen molar-refractivity contribution in [2.45, 2.75) is 0 Å². The summed E-state index contributed by atoms with van der Waals surface area (Å²) in [7, 11) is 0. The molecular formula is C12H8ClN3. The lowest BCUT2D eigenvalue weighted by molar-refractivity contribution is 1.31. The first kappa shape index (κ1) is 10.5. The van der Waals surface area contributed by atoms with Crippen LogP contribution in [0.15, 0.2) is 42.6 Å². The molecule has 0 aliphatic rings. The molecule has 0 fully saturated rings. The molecule has 3 nitrogen and oxygen atoms in total. The number of benzene rings is 1. The van der Waals surface area contributed by atoms with E-state index in [2.05, 4.69) is 16.4 Å². The molecule has 0 spiro atoms. The quantitative estimate of drug-likeness (QED) is 0.859. The van der Waals surface area contributed by atoms with Crippen molar-refractivity contribution in [2.24, 2.45) is 0 Å². The number of nitrogens with one attached hydrogen (secondary N) is 1. The largest absolute Gasteiger partial charge is 0.339 e. The normalized spacial score (nSPS) is 9.50. The fourth-order valence-electron chi connectivity index (χ4n) is 1.27. The highest BCUT2D eigenvalue weighted by molar-refractivity contribution is 6.33. The Balaban J connectivity index is 2.31. The summed E-state index contributed by atoms with van der Waals surface area (Å²) in [6.45, 7) is 0. The van der Waals surface area contributed by atoms with E-state index in [0.29, 0.717) is 22.1 Å². The van der Waals surface area contributed by atoms with Gasteiger partial charge in [-0.15, -0.1) is 0 Å². The second-order valence-electron chi connectivity index (χ2n) is 3.15. The van der Waals surface area contributed by atoms with Gasteiger partial charge in [-0.1, -0.05) is 17.7 Å². The molecule has 0 aliphatic carbocycles. The van der Waals surface area contributed by atoms with Crippen LogP contribution in [-0.4, -0.2) is 4.98 Å². The van der Waals surface area contributed by atoms with E-state index in [1.165, 1.54) is 0 Å². The summed E-state index contributed by atoms with van der Waals surface area (Å²) in [5, 5.41) is 12.4. The minimum Gasteiger partial charge on any atom is -0.339 e. The van der Waals surface area contributed by atoms with Crippen LogP contribution in [0.4, 0.5) is 11.5 Å². The van der Waals surface area contributed by atoms with Crippen LogP contribution < -0.4 is 5.32 Å². The standard InChI is InChI=1S/C12H8ClN3/c13-10-5-4-9(8-14)7-11(10)16-12-3-1-2-6-15-12/h1-7H,(H,15,16). The van der Waals surface area contributed by atoms with E-state index >= 15 is 0 Å². The van der Waals surface area contributed by atoms with Crippen LogP contribution in [0.2, 0.25) is 5.02 Å². The second kappa shape index (κ2) is 4.65. The van der Waals surface area contributed by atoms with Crippen LogP contribution in [0.3, 0.4) is 0 Å². The molecule has 16 heavy (non-hydrogen) atoms. The lowest BCUT2D eigenvalue weighted by Crippen LogP contribution is -1.93. The van der Waals surface area contributed by atoms with Gasteiger partial charge in [0.15, 0.2) is 0 Å². The molecule has 0 saturated heterocycles. The summed E-state index contributed by atoms with van der Waals surface area (Å²) in [5.74, 6) is 0.694. The second-order valence-corrected chi connectivity index (χ2v) is 3.55.